The summed E-state index contributed by atoms with van der Waals surface area (Å²) in [5, 5.41) is 11.5. The van der Waals surface area contributed by atoms with Crippen LogP contribution in [0.3, 0.4) is 0 Å². The molecule has 0 aliphatic rings. The number of nitrogens with zero attached hydrogens (tertiary/aromatic N) is 1. The van der Waals surface area contributed by atoms with Crippen molar-refractivity contribution in [3.63, 3.8) is 0 Å². The van der Waals surface area contributed by atoms with Crippen molar-refractivity contribution in [3.05, 3.63) is 46.7 Å². The maximum atomic E-state index is 11.3. The van der Waals surface area contributed by atoms with E-state index in [1.165, 1.54) is 6.92 Å². The van der Waals surface area contributed by atoms with Gasteiger partial charge in [-0.1, -0.05) is 18.7 Å². The molecule has 86 valence electrons. The lowest BCUT2D eigenvalue weighted by atomic mass is 10.1. The number of aromatic nitrogens is 1. The van der Waals surface area contributed by atoms with E-state index in [1.807, 2.05) is 0 Å². The van der Waals surface area contributed by atoms with E-state index < -0.39 is 4.92 Å². The monoisotopic (exact) mass is 230 g/mol. The minimum Gasteiger partial charge on any atom is -0.349 e. The second kappa shape index (κ2) is 3.86. The molecule has 1 heterocycles. The number of nitro groups is 1. The summed E-state index contributed by atoms with van der Waals surface area (Å²) in [6.45, 7) is 4.91. The Balaban J connectivity index is 2.79. The number of allylic oxidation sites excluding steroid dienone is 1. The molecule has 5 heteroatoms. The summed E-state index contributed by atoms with van der Waals surface area (Å²) in [5.41, 5.74) is 0.828. The predicted octanol–water partition coefficient (Wildman–Crippen LogP) is 2.68. The third kappa shape index (κ3) is 1.71. The number of H-pyrrole nitrogens is 1. The van der Waals surface area contributed by atoms with Crippen molar-refractivity contribution in [1.29, 1.82) is 0 Å². The number of hydrogen-bond donors (Lipinski definition) is 1. The normalized spacial score (nSPS) is 10.4. The third-order valence-corrected chi connectivity index (χ3v) is 2.59. The Labute approximate surface area is 96.9 Å². The van der Waals surface area contributed by atoms with Crippen molar-refractivity contribution in [1.82, 2.24) is 4.98 Å². The van der Waals surface area contributed by atoms with Crippen LogP contribution in [0, 0.1) is 10.1 Å². The van der Waals surface area contributed by atoms with Gasteiger partial charge in [0.25, 0.3) is 0 Å². The van der Waals surface area contributed by atoms with E-state index in [1.54, 1.807) is 24.3 Å². The second-order valence-electron chi connectivity index (χ2n) is 3.69. The molecule has 5 nitrogen and oxygen atoms in total. The van der Waals surface area contributed by atoms with Gasteiger partial charge in [0, 0.05) is 5.57 Å². The fraction of sp³-hybridized carbons (Fsp3) is 0.0833. The molecule has 0 aliphatic carbocycles. The Bertz CT molecular complexity index is 640. The van der Waals surface area contributed by atoms with Gasteiger partial charge in [0.1, 0.15) is 5.69 Å². The van der Waals surface area contributed by atoms with Crippen molar-refractivity contribution in [2.24, 2.45) is 0 Å². The lowest BCUT2D eigenvalue weighted by Crippen LogP contribution is -1.98. The summed E-state index contributed by atoms with van der Waals surface area (Å²) in [5.74, 6) is -0.292. The summed E-state index contributed by atoms with van der Waals surface area (Å²) in [6, 6.07) is 6.84. The fourth-order valence-corrected chi connectivity index (χ4v) is 1.71. The van der Waals surface area contributed by atoms with Crippen LogP contribution in [0.4, 0.5) is 5.69 Å². The van der Waals surface area contributed by atoms with Gasteiger partial charge in [0.05, 0.1) is 15.8 Å². The molecule has 0 unspecified atom stereocenters. The van der Waals surface area contributed by atoms with Crippen molar-refractivity contribution < 1.29 is 9.72 Å². The molecule has 0 saturated carbocycles. The average Bonchev–Trinajstić information content (AvgIpc) is 2.66. The highest BCUT2D eigenvalue weighted by Crippen LogP contribution is 2.33. The Kier molecular flexibility index (Phi) is 2.51. The summed E-state index contributed by atoms with van der Waals surface area (Å²) in [6.07, 6.45) is 0. The number of Topliss-reactive ketones (excluding diaryl/α,β-unsaturated/α-hetero) is 1. The van der Waals surface area contributed by atoms with Crippen LogP contribution >= 0.6 is 0 Å². The number of fused-ring (bicyclic) bond motifs is 1. The molecule has 0 spiro atoms. The molecule has 1 N–H and O–H groups in total. The number of para-hydroxylation sites is 1. The SMILES string of the molecule is C=C(C(C)=O)c1[nH]c2ccccc2c1[N+](=O)[O-]. The Morgan fingerprint density at radius 3 is 2.65 bits per heavy atom. The molecule has 0 fully saturated rings. The molecular formula is C12H10N2O3. The zero-order valence-corrected chi connectivity index (χ0v) is 9.19. The van der Waals surface area contributed by atoms with Crippen molar-refractivity contribution in [3.8, 4) is 0 Å². The Morgan fingerprint density at radius 2 is 2.06 bits per heavy atom. The quantitative estimate of drug-likeness (QED) is 0.500. The minimum absolute atomic E-state index is 0.0965. The lowest BCUT2D eigenvalue weighted by molar-refractivity contribution is -0.383. The lowest BCUT2D eigenvalue weighted by Gasteiger charge is -1.97. The van der Waals surface area contributed by atoms with Gasteiger partial charge in [-0.25, -0.2) is 0 Å². The van der Waals surface area contributed by atoms with Gasteiger partial charge in [-0.05, 0) is 19.1 Å². The van der Waals surface area contributed by atoms with E-state index in [4.69, 9.17) is 0 Å². The van der Waals surface area contributed by atoms with Crippen LogP contribution in [0.25, 0.3) is 16.5 Å². The van der Waals surface area contributed by atoms with Crippen molar-refractivity contribution in [2.45, 2.75) is 6.92 Å². The second-order valence-corrected chi connectivity index (χ2v) is 3.69. The number of rotatable bonds is 3. The van der Waals surface area contributed by atoms with Crippen molar-refractivity contribution in [2.75, 3.05) is 0 Å². The molecule has 17 heavy (non-hydrogen) atoms. The predicted molar refractivity (Wildman–Crippen MR) is 64.7 cm³/mol. The van der Waals surface area contributed by atoms with Crippen LogP contribution in [0.15, 0.2) is 30.8 Å². The molecular weight excluding hydrogens is 220 g/mol. The van der Waals surface area contributed by atoms with Crippen LogP contribution in [0.1, 0.15) is 12.6 Å². The van der Waals surface area contributed by atoms with E-state index in [0.29, 0.717) is 10.9 Å². The summed E-state index contributed by atoms with van der Waals surface area (Å²) >= 11 is 0. The van der Waals surface area contributed by atoms with Crippen LogP contribution in [0.2, 0.25) is 0 Å². The zero-order valence-electron chi connectivity index (χ0n) is 9.19. The molecule has 2 aromatic rings. The number of aromatic amines is 1. The third-order valence-electron chi connectivity index (χ3n) is 2.59. The first-order valence-corrected chi connectivity index (χ1v) is 4.97. The Morgan fingerprint density at radius 1 is 1.41 bits per heavy atom. The first-order chi connectivity index (χ1) is 8.02. The van der Waals surface area contributed by atoms with Crippen LogP contribution in [-0.4, -0.2) is 15.7 Å². The summed E-state index contributed by atoms with van der Waals surface area (Å²) < 4.78 is 0. The van der Waals surface area contributed by atoms with E-state index in [0.717, 1.165) is 0 Å². The number of hydrogen-bond acceptors (Lipinski definition) is 3. The maximum Gasteiger partial charge on any atom is 0.302 e. The van der Waals surface area contributed by atoms with Gasteiger partial charge in [0.15, 0.2) is 5.78 Å². The van der Waals surface area contributed by atoms with E-state index in [9.17, 15) is 14.9 Å². The standard InChI is InChI=1S/C12H10N2O3/c1-7(8(2)15)11-12(14(16)17)9-5-3-4-6-10(9)13-11/h3-6,13H,1H2,2H3. The largest absolute Gasteiger partial charge is 0.349 e. The molecule has 0 saturated heterocycles. The van der Waals surface area contributed by atoms with Gasteiger partial charge < -0.3 is 4.98 Å². The van der Waals surface area contributed by atoms with E-state index in [-0.39, 0.29) is 22.7 Å². The molecule has 0 radical (unpaired) electrons. The summed E-state index contributed by atoms with van der Waals surface area (Å²) in [4.78, 5) is 24.7. The Hall–Kier alpha value is -2.43. The average molecular weight is 230 g/mol. The van der Waals surface area contributed by atoms with Crippen LogP contribution in [-0.2, 0) is 4.79 Å². The molecule has 0 aliphatic heterocycles. The number of carbonyl (C=O) groups excluding carboxylic acids is 1. The van der Waals surface area contributed by atoms with Crippen LogP contribution < -0.4 is 0 Å². The van der Waals surface area contributed by atoms with E-state index >= 15 is 0 Å². The molecule has 2 rings (SSSR count). The first kappa shape index (κ1) is 11.1. The topological polar surface area (TPSA) is 76.0 Å². The van der Waals surface area contributed by atoms with Gasteiger partial charge in [-0.3, -0.25) is 14.9 Å². The first-order valence-electron chi connectivity index (χ1n) is 4.97. The van der Waals surface area contributed by atoms with Crippen molar-refractivity contribution >= 4 is 27.9 Å². The van der Waals surface area contributed by atoms with Crippen LogP contribution in [0.5, 0.6) is 0 Å². The minimum atomic E-state index is -0.498. The number of nitrogens with one attached hydrogen (secondary N) is 1. The van der Waals surface area contributed by atoms with Gasteiger partial charge in [0.2, 0.25) is 0 Å². The van der Waals surface area contributed by atoms with E-state index in [2.05, 4.69) is 11.6 Å². The fourth-order valence-electron chi connectivity index (χ4n) is 1.71. The zero-order chi connectivity index (χ0) is 12.6. The molecule has 0 amide bonds. The number of ketones is 1. The highest BCUT2D eigenvalue weighted by molar-refractivity contribution is 6.20. The highest BCUT2D eigenvalue weighted by Gasteiger charge is 2.24. The summed E-state index contributed by atoms with van der Waals surface area (Å²) in [7, 11) is 0. The number of carbonyl (C=O) groups is 1. The molecule has 0 bridgehead atoms. The molecule has 1 aromatic carbocycles. The molecule has 1 aromatic heterocycles. The molecule has 0 atom stereocenters. The van der Waals surface area contributed by atoms with Gasteiger partial charge >= 0.3 is 5.69 Å². The smallest absolute Gasteiger partial charge is 0.302 e. The number of benzene rings is 1. The van der Waals surface area contributed by atoms with Gasteiger partial charge in [-0.2, -0.15) is 0 Å². The maximum absolute atomic E-state index is 11.3. The van der Waals surface area contributed by atoms with Gasteiger partial charge in [-0.15, -0.1) is 0 Å². The highest BCUT2D eigenvalue weighted by atomic mass is 16.6.